The molecule has 0 radical (unpaired) electrons. The molecule has 1 saturated heterocycles. The van der Waals surface area contributed by atoms with Gasteiger partial charge < -0.3 is 10.6 Å². The van der Waals surface area contributed by atoms with E-state index in [9.17, 15) is 36.0 Å². The quantitative estimate of drug-likeness (QED) is 0.423. The van der Waals surface area contributed by atoms with Gasteiger partial charge in [-0.05, 0) is 66.2 Å². The third kappa shape index (κ3) is 5.20. The summed E-state index contributed by atoms with van der Waals surface area (Å²) in [7, 11) is -5.58. The van der Waals surface area contributed by atoms with Crippen molar-refractivity contribution in [3.05, 3.63) is 83.0 Å². The molecule has 14 heteroatoms. The van der Waals surface area contributed by atoms with Crippen LogP contribution in [0.25, 0.3) is 0 Å². The average Bonchev–Trinajstić information content (AvgIpc) is 3.17. The molecule has 2 heterocycles. The smallest absolute Gasteiger partial charge is 0.325 e. The predicted octanol–water partition coefficient (Wildman–Crippen LogP) is 4.51. The Morgan fingerprint density at radius 1 is 1.08 bits per heavy atom. The van der Waals surface area contributed by atoms with Crippen LogP contribution in [0.3, 0.4) is 0 Å². The first-order chi connectivity index (χ1) is 17.8. The Morgan fingerprint density at radius 2 is 1.71 bits per heavy atom. The second kappa shape index (κ2) is 10.1. The standard InChI is InChI=1S/C24H18ClF3N4O5S/c1-13(15-10-11-29-19(12-15)30-21(33)14-2-4-16(25)5-3-14)20-22(34)32(23(35)31-20)17-6-8-18(9-7-17)38(36,37)24(26,27)28/h2-13,20H,1H3,(H,31,35)(H,29,30,33). The van der Waals surface area contributed by atoms with Gasteiger partial charge in [-0.25, -0.2) is 23.1 Å². The van der Waals surface area contributed by atoms with Crippen LogP contribution in [-0.2, 0) is 14.6 Å². The van der Waals surface area contributed by atoms with Crippen molar-refractivity contribution in [3.63, 3.8) is 0 Å². The van der Waals surface area contributed by atoms with Gasteiger partial charge in [-0.2, -0.15) is 13.2 Å². The van der Waals surface area contributed by atoms with Crippen molar-refractivity contribution in [2.24, 2.45) is 0 Å². The minimum atomic E-state index is -5.58. The van der Waals surface area contributed by atoms with Crippen LogP contribution in [0.2, 0.25) is 5.02 Å². The molecule has 2 atom stereocenters. The SMILES string of the molecule is CC(c1ccnc(NC(=O)c2ccc(Cl)cc2)c1)C1NC(=O)N(c2ccc(S(=O)(=O)C(F)(F)F)cc2)C1=O. The number of alkyl halides is 3. The maximum atomic E-state index is 13.1. The Labute approximate surface area is 219 Å². The minimum Gasteiger partial charge on any atom is -0.325 e. The zero-order chi connectivity index (χ0) is 27.8. The van der Waals surface area contributed by atoms with Crippen LogP contribution in [0.15, 0.2) is 71.8 Å². The molecule has 9 nitrogen and oxygen atoms in total. The first kappa shape index (κ1) is 27.1. The number of pyridine rings is 1. The molecular weight excluding hydrogens is 549 g/mol. The Morgan fingerprint density at radius 3 is 2.32 bits per heavy atom. The van der Waals surface area contributed by atoms with E-state index >= 15 is 0 Å². The van der Waals surface area contributed by atoms with Crippen LogP contribution in [-0.4, -0.2) is 42.8 Å². The van der Waals surface area contributed by atoms with E-state index in [4.69, 9.17) is 11.6 Å². The van der Waals surface area contributed by atoms with E-state index in [2.05, 4.69) is 15.6 Å². The van der Waals surface area contributed by atoms with Crippen molar-refractivity contribution < 1.29 is 36.0 Å². The number of aromatic nitrogens is 1. The number of carbonyl (C=O) groups excluding carboxylic acids is 3. The van der Waals surface area contributed by atoms with Gasteiger partial charge in [0, 0.05) is 22.7 Å². The molecule has 0 bridgehead atoms. The first-order valence-electron chi connectivity index (χ1n) is 10.9. The highest BCUT2D eigenvalue weighted by molar-refractivity contribution is 7.92. The number of amides is 4. The number of carbonyl (C=O) groups is 3. The lowest BCUT2D eigenvalue weighted by Gasteiger charge is -2.19. The molecule has 0 aliphatic carbocycles. The van der Waals surface area contributed by atoms with Crippen LogP contribution < -0.4 is 15.5 Å². The summed E-state index contributed by atoms with van der Waals surface area (Å²) in [6.07, 6.45) is 1.42. The number of nitrogens with one attached hydrogen (secondary N) is 2. The number of hydrogen-bond acceptors (Lipinski definition) is 6. The van der Waals surface area contributed by atoms with Crippen LogP contribution >= 0.6 is 11.6 Å². The molecule has 3 aromatic rings. The predicted molar refractivity (Wildman–Crippen MR) is 132 cm³/mol. The van der Waals surface area contributed by atoms with Gasteiger partial charge in [0.25, 0.3) is 21.7 Å². The second-order valence-electron chi connectivity index (χ2n) is 8.27. The van der Waals surface area contributed by atoms with E-state index in [1.165, 1.54) is 24.4 Å². The van der Waals surface area contributed by atoms with Crippen LogP contribution in [0.5, 0.6) is 0 Å². The van der Waals surface area contributed by atoms with Crippen molar-refractivity contribution >= 4 is 50.8 Å². The lowest BCUT2D eigenvalue weighted by Crippen LogP contribution is -2.35. The molecule has 4 amide bonds. The second-order valence-corrected chi connectivity index (χ2v) is 10.6. The van der Waals surface area contributed by atoms with Gasteiger partial charge in [-0.15, -0.1) is 0 Å². The number of nitrogens with zero attached hydrogens (tertiary/aromatic N) is 2. The largest absolute Gasteiger partial charge is 0.501 e. The molecule has 38 heavy (non-hydrogen) atoms. The van der Waals surface area contributed by atoms with Gasteiger partial charge in [0.05, 0.1) is 10.6 Å². The van der Waals surface area contributed by atoms with E-state index in [1.807, 2.05) is 0 Å². The molecule has 198 valence electrons. The summed E-state index contributed by atoms with van der Waals surface area (Å²) < 4.78 is 61.5. The molecule has 1 fully saturated rings. The Balaban J connectivity index is 1.51. The number of sulfone groups is 1. The zero-order valence-corrected chi connectivity index (χ0v) is 20.9. The molecule has 1 aliphatic rings. The van der Waals surface area contributed by atoms with Gasteiger partial charge in [-0.3, -0.25) is 9.59 Å². The molecule has 0 spiro atoms. The number of halogens is 4. The van der Waals surface area contributed by atoms with E-state index < -0.39 is 50.0 Å². The monoisotopic (exact) mass is 566 g/mol. The van der Waals surface area contributed by atoms with E-state index in [1.54, 1.807) is 25.1 Å². The number of imide groups is 1. The fraction of sp³-hybridized carbons (Fsp3) is 0.167. The highest BCUT2D eigenvalue weighted by Gasteiger charge is 2.47. The lowest BCUT2D eigenvalue weighted by molar-refractivity contribution is -0.118. The van der Waals surface area contributed by atoms with Crippen molar-refractivity contribution in [1.29, 1.82) is 0 Å². The number of urea groups is 1. The molecule has 2 unspecified atom stereocenters. The lowest BCUT2D eigenvalue weighted by atomic mass is 9.94. The Hall–Kier alpha value is -3.97. The summed E-state index contributed by atoms with van der Waals surface area (Å²) in [5.74, 6) is -1.54. The third-order valence-corrected chi connectivity index (χ3v) is 7.59. The third-order valence-electron chi connectivity index (χ3n) is 5.84. The molecule has 1 aliphatic heterocycles. The number of benzene rings is 2. The number of hydrogen-bond donors (Lipinski definition) is 2. The first-order valence-corrected chi connectivity index (χ1v) is 12.7. The number of rotatable bonds is 6. The van der Waals surface area contributed by atoms with Crippen LogP contribution in [0, 0.1) is 0 Å². The Kier molecular flexibility index (Phi) is 7.17. The fourth-order valence-corrected chi connectivity index (χ4v) is 4.66. The normalized spacial score (nSPS) is 16.8. The summed E-state index contributed by atoms with van der Waals surface area (Å²) in [5, 5.41) is 5.64. The Bertz CT molecular complexity index is 1510. The molecule has 2 N–H and O–H groups in total. The van der Waals surface area contributed by atoms with Gasteiger partial charge >= 0.3 is 11.5 Å². The van der Waals surface area contributed by atoms with Crippen molar-refractivity contribution in [2.45, 2.75) is 29.3 Å². The van der Waals surface area contributed by atoms with Crippen molar-refractivity contribution in [2.75, 3.05) is 10.2 Å². The molecule has 4 rings (SSSR count). The van der Waals surface area contributed by atoms with Gasteiger partial charge in [0.15, 0.2) is 0 Å². The van der Waals surface area contributed by atoms with Crippen LogP contribution in [0.1, 0.15) is 28.8 Å². The molecule has 1 aromatic heterocycles. The van der Waals surface area contributed by atoms with E-state index in [0.717, 1.165) is 17.0 Å². The summed E-state index contributed by atoms with van der Waals surface area (Å²) in [5.41, 5.74) is -4.70. The van der Waals surface area contributed by atoms with Crippen molar-refractivity contribution in [1.82, 2.24) is 10.3 Å². The van der Waals surface area contributed by atoms with E-state index in [0.29, 0.717) is 28.3 Å². The average molecular weight is 567 g/mol. The fourth-order valence-electron chi connectivity index (χ4n) is 3.77. The summed E-state index contributed by atoms with van der Waals surface area (Å²) >= 11 is 5.84. The van der Waals surface area contributed by atoms with Crippen LogP contribution in [0.4, 0.5) is 29.5 Å². The zero-order valence-electron chi connectivity index (χ0n) is 19.4. The molecule has 0 saturated carbocycles. The highest BCUT2D eigenvalue weighted by Crippen LogP contribution is 2.33. The minimum absolute atomic E-state index is 0.103. The maximum absolute atomic E-state index is 13.1. The summed E-state index contributed by atoms with van der Waals surface area (Å²) in [4.78, 5) is 42.0. The molecule has 2 aromatic carbocycles. The maximum Gasteiger partial charge on any atom is 0.501 e. The summed E-state index contributed by atoms with van der Waals surface area (Å²) in [6.45, 7) is 1.66. The van der Waals surface area contributed by atoms with Gasteiger partial charge in [-0.1, -0.05) is 18.5 Å². The van der Waals surface area contributed by atoms with Gasteiger partial charge in [0.1, 0.15) is 11.9 Å². The van der Waals surface area contributed by atoms with E-state index in [-0.39, 0.29) is 11.5 Å². The molecular formula is C24H18ClF3N4O5S. The number of anilines is 2. The topological polar surface area (TPSA) is 126 Å². The summed E-state index contributed by atoms with van der Waals surface area (Å²) in [6, 6.07) is 10.7. The van der Waals surface area contributed by atoms with Gasteiger partial charge in [0.2, 0.25) is 0 Å². The highest BCUT2D eigenvalue weighted by atomic mass is 35.5. The van der Waals surface area contributed by atoms with Crippen molar-refractivity contribution in [3.8, 4) is 0 Å².